The van der Waals surface area contributed by atoms with E-state index in [0.717, 1.165) is 0 Å². The first-order chi connectivity index (χ1) is 6.90. The lowest BCUT2D eigenvalue weighted by atomic mass is 9.95. The first-order valence-corrected chi connectivity index (χ1v) is 5.30. The Morgan fingerprint density at radius 3 is 2.50 bits per heavy atom. The maximum atomic E-state index is 5.90. The number of hydrogen-bond donors (Lipinski definition) is 1. The Morgan fingerprint density at radius 2 is 2.00 bits per heavy atom. The van der Waals surface area contributed by atoms with Crippen LogP contribution in [0.25, 0.3) is 0 Å². The summed E-state index contributed by atoms with van der Waals surface area (Å²) >= 11 is 0. The van der Waals surface area contributed by atoms with Crippen molar-refractivity contribution >= 4 is 0 Å². The molecular weight excluding hydrogens is 174 g/mol. The molecule has 2 nitrogen and oxygen atoms in total. The van der Waals surface area contributed by atoms with Crippen LogP contribution >= 0.6 is 0 Å². The van der Waals surface area contributed by atoms with Crippen molar-refractivity contribution in [2.75, 3.05) is 6.54 Å². The van der Waals surface area contributed by atoms with Crippen molar-refractivity contribution < 1.29 is 4.74 Å². The van der Waals surface area contributed by atoms with Gasteiger partial charge in [-0.05, 0) is 24.8 Å². The molecule has 14 heavy (non-hydrogen) atoms. The van der Waals surface area contributed by atoms with Crippen LogP contribution in [0.2, 0.25) is 0 Å². The minimum atomic E-state index is 0.0847. The number of ether oxygens (including phenoxy) is 1. The highest BCUT2D eigenvalue weighted by Crippen LogP contribution is 2.28. The monoisotopic (exact) mass is 191 g/mol. The van der Waals surface area contributed by atoms with E-state index in [4.69, 9.17) is 10.5 Å². The summed E-state index contributed by atoms with van der Waals surface area (Å²) in [5.41, 5.74) is 6.90. The summed E-state index contributed by atoms with van der Waals surface area (Å²) in [6.07, 6.45) is 4.23. The van der Waals surface area contributed by atoms with Gasteiger partial charge in [0, 0.05) is 6.54 Å². The van der Waals surface area contributed by atoms with Gasteiger partial charge in [0.25, 0.3) is 0 Å². The van der Waals surface area contributed by atoms with Crippen molar-refractivity contribution in [1.29, 1.82) is 0 Å². The molecule has 1 aliphatic carbocycles. The van der Waals surface area contributed by atoms with E-state index >= 15 is 0 Å². The van der Waals surface area contributed by atoms with Gasteiger partial charge in [0.2, 0.25) is 0 Å². The number of benzene rings is 1. The Labute approximate surface area is 85.1 Å². The molecule has 0 radical (unpaired) electrons. The molecule has 2 N–H and O–H groups in total. The molecule has 1 aromatic rings. The molecule has 0 saturated heterocycles. The Balaban J connectivity index is 1.98. The second kappa shape index (κ2) is 4.58. The van der Waals surface area contributed by atoms with Crippen molar-refractivity contribution in [1.82, 2.24) is 0 Å². The van der Waals surface area contributed by atoms with Crippen LogP contribution in [0.1, 0.15) is 30.9 Å². The van der Waals surface area contributed by atoms with Crippen LogP contribution in [-0.4, -0.2) is 12.6 Å². The van der Waals surface area contributed by atoms with Crippen LogP contribution in [0.15, 0.2) is 30.3 Å². The van der Waals surface area contributed by atoms with Crippen LogP contribution in [0.4, 0.5) is 0 Å². The van der Waals surface area contributed by atoms with E-state index in [1.165, 1.54) is 24.8 Å². The Morgan fingerprint density at radius 1 is 1.29 bits per heavy atom. The van der Waals surface area contributed by atoms with Gasteiger partial charge in [0.15, 0.2) is 0 Å². The fourth-order valence-electron chi connectivity index (χ4n) is 1.68. The zero-order valence-corrected chi connectivity index (χ0v) is 8.36. The average Bonchev–Trinajstić information content (AvgIpc) is 2.18. The van der Waals surface area contributed by atoms with Crippen LogP contribution < -0.4 is 5.73 Å². The summed E-state index contributed by atoms with van der Waals surface area (Å²) < 4.78 is 5.90. The minimum absolute atomic E-state index is 0.0847. The molecular formula is C12H17NO. The van der Waals surface area contributed by atoms with E-state index in [1.54, 1.807) is 0 Å². The molecule has 1 saturated carbocycles. The van der Waals surface area contributed by atoms with Crippen LogP contribution in [0, 0.1) is 0 Å². The fourth-order valence-corrected chi connectivity index (χ4v) is 1.68. The number of rotatable bonds is 4. The van der Waals surface area contributed by atoms with E-state index in [0.29, 0.717) is 12.6 Å². The molecule has 0 amide bonds. The molecule has 0 aromatic heterocycles. The molecule has 0 bridgehead atoms. The largest absolute Gasteiger partial charge is 0.369 e. The number of hydrogen-bond acceptors (Lipinski definition) is 2. The van der Waals surface area contributed by atoms with E-state index in [1.807, 2.05) is 18.2 Å². The highest BCUT2D eigenvalue weighted by atomic mass is 16.5. The molecule has 1 aromatic carbocycles. The second-order valence-electron chi connectivity index (χ2n) is 3.82. The van der Waals surface area contributed by atoms with E-state index in [-0.39, 0.29) is 6.10 Å². The summed E-state index contributed by atoms with van der Waals surface area (Å²) in [5, 5.41) is 0. The molecule has 2 heteroatoms. The van der Waals surface area contributed by atoms with Gasteiger partial charge in [-0.15, -0.1) is 0 Å². The highest BCUT2D eigenvalue weighted by Gasteiger charge is 2.22. The summed E-state index contributed by atoms with van der Waals surface area (Å²) in [5.74, 6) is 0. The van der Waals surface area contributed by atoms with Gasteiger partial charge >= 0.3 is 0 Å². The third-order valence-corrected chi connectivity index (χ3v) is 2.79. The predicted molar refractivity (Wildman–Crippen MR) is 57.0 cm³/mol. The molecule has 2 rings (SSSR count). The van der Waals surface area contributed by atoms with Crippen LogP contribution in [0.5, 0.6) is 0 Å². The predicted octanol–water partition coefficient (Wildman–Crippen LogP) is 2.26. The molecule has 0 spiro atoms. The normalized spacial score (nSPS) is 18.9. The van der Waals surface area contributed by atoms with Crippen LogP contribution in [0.3, 0.4) is 0 Å². The summed E-state index contributed by atoms with van der Waals surface area (Å²) in [7, 11) is 0. The van der Waals surface area contributed by atoms with Gasteiger partial charge in [0.1, 0.15) is 0 Å². The fraction of sp³-hybridized carbons (Fsp3) is 0.500. The van der Waals surface area contributed by atoms with Crippen molar-refractivity contribution in [3.8, 4) is 0 Å². The molecule has 76 valence electrons. The van der Waals surface area contributed by atoms with Gasteiger partial charge in [-0.2, -0.15) is 0 Å². The summed E-state index contributed by atoms with van der Waals surface area (Å²) in [6.45, 7) is 0.570. The molecule has 1 aliphatic rings. The first-order valence-electron chi connectivity index (χ1n) is 5.30. The summed E-state index contributed by atoms with van der Waals surface area (Å²) in [6, 6.07) is 10.2. The highest BCUT2D eigenvalue weighted by molar-refractivity contribution is 5.17. The molecule has 0 heterocycles. The van der Waals surface area contributed by atoms with Gasteiger partial charge < -0.3 is 10.5 Å². The molecule has 1 fully saturated rings. The molecule has 1 unspecified atom stereocenters. The quantitative estimate of drug-likeness (QED) is 0.792. The molecule has 1 atom stereocenters. The lowest BCUT2D eigenvalue weighted by Crippen LogP contribution is -2.27. The van der Waals surface area contributed by atoms with Crippen molar-refractivity contribution in [3.63, 3.8) is 0 Å². The second-order valence-corrected chi connectivity index (χ2v) is 3.82. The lowest BCUT2D eigenvalue weighted by Gasteiger charge is -2.30. The van der Waals surface area contributed by atoms with Crippen molar-refractivity contribution in [2.24, 2.45) is 5.73 Å². The first kappa shape index (κ1) is 9.69. The van der Waals surface area contributed by atoms with Gasteiger partial charge in [-0.3, -0.25) is 0 Å². The smallest absolute Gasteiger partial charge is 0.0950 e. The topological polar surface area (TPSA) is 35.2 Å². The Hall–Kier alpha value is -0.860. The van der Waals surface area contributed by atoms with Crippen LogP contribution in [-0.2, 0) is 4.74 Å². The van der Waals surface area contributed by atoms with Crippen molar-refractivity contribution in [2.45, 2.75) is 31.5 Å². The zero-order chi connectivity index (χ0) is 9.80. The van der Waals surface area contributed by atoms with Crippen molar-refractivity contribution in [3.05, 3.63) is 35.9 Å². The Kier molecular flexibility index (Phi) is 3.17. The minimum Gasteiger partial charge on any atom is -0.369 e. The average molecular weight is 191 g/mol. The molecule has 0 aliphatic heterocycles. The Bertz CT molecular complexity index is 269. The standard InChI is InChI=1S/C12H17NO/c13-9-12(14-11-7-4-8-11)10-5-2-1-3-6-10/h1-3,5-6,11-12H,4,7-9,13H2. The lowest BCUT2D eigenvalue weighted by molar-refractivity contribution is -0.0487. The van der Waals surface area contributed by atoms with Gasteiger partial charge in [-0.1, -0.05) is 30.3 Å². The number of nitrogens with two attached hydrogens (primary N) is 1. The van der Waals surface area contributed by atoms with Gasteiger partial charge in [-0.25, -0.2) is 0 Å². The third-order valence-electron chi connectivity index (χ3n) is 2.79. The SMILES string of the molecule is NCC(OC1CCC1)c1ccccc1. The zero-order valence-electron chi connectivity index (χ0n) is 8.36. The summed E-state index contributed by atoms with van der Waals surface area (Å²) in [4.78, 5) is 0. The maximum Gasteiger partial charge on any atom is 0.0950 e. The maximum absolute atomic E-state index is 5.90. The van der Waals surface area contributed by atoms with E-state index in [9.17, 15) is 0 Å². The van der Waals surface area contributed by atoms with Gasteiger partial charge in [0.05, 0.1) is 12.2 Å². The van der Waals surface area contributed by atoms with E-state index in [2.05, 4.69) is 12.1 Å². The third kappa shape index (κ3) is 2.14. The van der Waals surface area contributed by atoms with E-state index < -0.39 is 0 Å².